The summed E-state index contributed by atoms with van der Waals surface area (Å²) in [5, 5.41) is 15.3. The van der Waals surface area contributed by atoms with Crippen molar-refractivity contribution in [3.05, 3.63) is 235 Å². The predicted octanol–water partition coefficient (Wildman–Crippen LogP) is 12.8. The first-order valence-electron chi connectivity index (χ1n) is 31.2. The van der Waals surface area contributed by atoms with Gasteiger partial charge in [0.15, 0.2) is 22.9 Å². The smallest absolute Gasteiger partial charge is 0.421 e. The summed E-state index contributed by atoms with van der Waals surface area (Å²) < 4.78 is 104. The molecule has 0 unspecified atom stereocenters. The van der Waals surface area contributed by atoms with E-state index in [0.717, 1.165) is 126 Å². The van der Waals surface area contributed by atoms with Crippen molar-refractivity contribution in [2.24, 2.45) is 21.5 Å². The van der Waals surface area contributed by atoms with Crippen LogP contribution in [0.2, 0.25) is 0 Å². The topological polar surface area (TPSA) is 337 Å². The number of ether oxygens (including phenoxy) is 4. The minimum atomic E-state index is -4.67. The molecule has 0 atom stereocenters. The number of nitrogens with zero attached hydrogens (tertiary/aromatic N) is 12. The highest BCUT2D eigenvalue weighted by molar-refractivity contribution is 9.10. The van der Waals surface area contributed by atoms with E-state index in [-0.39, 0.29) is 24.2 Å². The molecule has 0 spiro atoms. The predicted molar refractivity (Wildman–Crippen MR) is 388 cm³/mol. The van der Waals surface area contributed by atoms with Crippen molar-refractivity contribution in [1.82, 2.24) is 49.5 Å². The quantitative estimate of drug-likeness (QED) is 0.0489. The van der Waals surface area contributed by atoms with Gasteiger partial charge in [-0.1, -0.05) is 72.8 Å². The second kappa shape index (κ2) is 31.9. The van der Waals surface area contributed by atoms with Crippen molar-refractivity contribution in [2.45, 2.75) is 51.4 Å². The normalized spacial score (nSPS) is 12.1. The van der Waals surface area contributed by atoms with Crippen molar-refractivity contribution < 1.29 is 54.9 Å². The first kappa shape index (κ1) is 73.2. The molecule has 0 saturated heterocycles. The van der Waals surface area contributed by atoms with E-state index in [0.29, 0.717) is 71.6 Å². The lowest BCUT2D eigenvalue weighted by Gasteiger charge is -2.13. The number of nitrogens with one attached hydrogen (secondary N) is 2. The van der Waals surface area contributed by atoms with Gasteiger partial charge < -0.3 is 52.5 Å². The zero-order valence-electron chi connectivity index (χ0n) is 55.6. The fourth-order valence-corrected chi connectivity index (χ4v) is 11.5. The van der Waals surface area contributed by atoms with E-state index in [4.69, 9.17) is 32.4 Å². The molecule has 0 bridgehead atoms. The molecule has 0 saturated carbocycles. The summed E-state index contributed by atoms with van der Waals surface area (Å²) in [5.41, 5.74) is 33.3. The summed E-state index contributed by atoms with van der Waals surface area (Å²) in [4.78, 5) is 57.9. The van der Waals surface area contributed by atoms with Crippen LogP contribution in [0, 0.1) is 0 Å². The van der Waals surface area contributed by atoms with Crippen molar-refractivity contribution in [3.8, 4) is 45.5 Å². The monoisotopic (exact) mass is 1550 g/mol. The van der Waals surface area contributed by atoms with Crippen LogP contribution in [0.3, 0.4) is 0 Å². The van der Waals surface area contributed by atoms with Crippen LogP contribution in [-0.2, 0) is 61.0 Å². The van der Waals surface area contributed by atoms with Gasteiger partial charge in [0.1, 0.15) is 34.3 Å². The minimum absolute atomic E-state index is 0.0182. The molecule has 12 aromatic rings. The van der Waals surface area contributed by atoms with Gasteiger partial charge in [0.05, 0.1) is 113 Å². The Balaban J connectivity index is 0.000000151. The van der Waals surface area contributed by atoms with Crippen LogP contribution in [0.1, 0.15) is 55.9 Å². The van der Waals surface area contributed by atoms with Crippen LogP contribution in [0.4, 0.5) is 49.4 Å². The molecular formula is C72H62Br2F6N18O6. The number of pyridine rings is 6. The number of rotatable bonds is 16. The maximum absolute atomic E-state index is 13.2. The number of aromatic nitrogens is 10. The fraction of sp³-hybridized carbons (Fsp3) is 0.167. The number of methoxy groups -OCH3 is 4. The number of carbonyl (C=O) groups excluding carboxylic acids is 2. The Kier molecular flexibility index (Phi) is 22.4. The number of anilines is 4. The lowest BCUT2D eigenvalue weighted by molar-refractivity contribution is -0.139. The minimum Gasteiger partial charge on any atom is -0.497 e. The van der Waals surface area contributed by atoms with E-state index in [2.05, 4.69) is 102 Å². The second-order valence-electron chi connectivity index (χ2n) is 23.1. The highest BCUT2D eigenvalue weighted by Gasteiger charge is 2.37. The fourth-order valence-electron chi connectivity index (χ4n) is 10.8. The molecule has 32 heteroatoms. The number of alkyl halides is 6. The largest absolute Gasteiger partial charge is 0.497 e. The van der Waals surface area contributed by atoms with Gasteiger partial charge in [0, 0.05) is 56.0 Å². The van der Waals surface area contributed by atoms with Gasteiger partial charge in [-0.3, -0.25) is 29.5 Å². The third kappa shape index (κ3) is 17.8. The van der Waals surface area contributed by atoms with E-state index in [1.165, 1.54) is 0 Å². The molecule has 0 radical (unpaired) electrons. The third-order valence-electron chi connectivity index (χ3n) is 16.0. The molecule has 24 nitrogen and oxygen atoms in total. The van der Waals surface area contributed by atoms with Crippen molar-refractivity contribution in [3.63, 3.8) is 0 Å². The summed E-state index contributed by atoms with van der Waals surface area (Å²) in [7, 11) is 5.46. The molecule has 0 aliphatic carbocycles. The molecule has 532 valence electrons. The van der Waals surface area contributed by atoms with Gasteiger partial charge in [0.25, 0.3) is 0 Å². The molecule has 14 rings (SSSR count). The second-order valence-corrected chi connectivity index (χ2v) is 24.9. The lowest BCUT2D eigenvalue weighted by atomic mass is 10.0. The van der Waals surface area contributed by atoms with E-state index < -0.39 is 47.1 Å². The number of halogens is 8. The van der Waals surface area contributed by atoms with Gasteiger partial charge in [0.2, 0.25) is 23.6 Å². The highest BCUT2D eigenvalue weighted by Crippen LogP contribution is 2.38. The zero-order chi connectivity index (χ0) is 74.0. The molecule has 0 fully saturated rings. The molecule has 8 aromatic heterocycles. The maximum atomic E-state index is 13.2. The highest BCUT2D eigenvalue weighted by atomic mass is 79.9. The Hall–Kier alpha value is -12.1. The van der Waals surface area contributed by atoms with E-state index in [9.17, 15) is 35.9 Å². The van der Waals surface area contributed by atoms with Crippen LogP contribution in [-0.4, -0.2) is 101 Å². The molecule has 10 N–H and O–H groups in total. The molecule has 104 heavy (non-hydrogen) atoms. The number of amides is 2. The van der Waals surface area contributed by atoms with Crippen LogP contribution in [0.25, 0.3) is 44.3 Å². The number of nitrogen functional groups attached to an aromatic ring is 2. The first-order chi connectivity index (χ1) is 49.8. The van der Waals surface area contributed by atoms with Crippen molar-refractivity contribution in [2.75, 3.05) is 50.5 Å². The standard InChI is InChI=1S/C29H25F3N6O3.C22H18F3N5O2.C14H13BrN4O.C7H6BrN3/c1-40-22-9-5-18(6-10-22)16-38-27-23(26(33)37-38)12-20(14-34-27)19-7-3-17(4-8-19)11-25(39)36-21-13-24(29(30,31)32)28(41-2)35-15-21;1-32-21-17(22(23,24)25)8-15(10-29-21)30-19(31)6-12-2-4-13(5-3-12)14-7-16-18(27-9-14)11-28-20(16)26;1-20-11-4-2-9(3-5-11)8-19-14-12(13(16)18-19)6-10(15)7-17-14;8-4-1-5-6(10-2-4)3-11-7(5)9/h3-10,12-15H,11,16H2,1-2H3,(H2,33,37)(H,36,39);2-5,7-10H,6,11H2,1H3,(H2,26,28)(H,30,31);2-7H,8H2,1H3,(H2,16,18);1-2H,3H2,(H2,9,11). The number of aliphatic imine (C=N–C) groups is 2. The number of hydrogen-bond donors (Lipinski definition) is 6. The molecule has 2 aliphatic heterocycles. The third-order valence-corrected chi connectivity index (χ3v) is 16.9. The zero-order valence-corrected chi connectivity index (χ0v) is 58.7. The molecule has 10 heterocycles. The first-order valence-corrected chi connectivity index (χ1v) is 32.8. The van der Waals surface area contributed by atoms with Crippen molar-refractivity contribution in [1.29, 1.82) is 0 Å². The molecule has 2 amide bonds. The van der Waals surface area contributed by atoms with Crippen LogP contribution in [0.15, 0.2) is 190 Å². The average molecular weight is 1550 g/mol. The van der Waals surface area contributed by atoms with Crippen LogP contribution >= 0.6 is 31.9 Å². The SMILES string of the molecule is COc1ccc(Cn2nc(N)c3cc(-c4ccc(CC(=O)Nc5cnc(OC)c(C(F)(F)F)c5)cc4)cnc32)cc1.COc1ccc(Cn2nc(N)c3cc(Br)cnc32)cc1.COc1ncc(NC(=O)Cc2ccc(-c3cnc4c(c3)C(N)=NC4)cc2)cc1C(F)(F)F.NC1=NCc2ncc(Br)cc21. The van der Waals surface area contributed by atoms with E-state index in [1.54, 1.807) is 72.6 Å². The Morgan fingerprint density at radius 1 is 0.452 bits per heavy atom. The van der Waals surface area contributed by atoms with Gasteiger partial charge in [-0.05, 0) is 126 Å². The summed E-state index contributed by atoms with van der Waals surface area (Å²) >= 11 is 6.71. The van der Waals surface area contributed by atoms with Gasteiger partial charge in [-0.15, -0.1) is 0 Å². The Morgan fingerprint density at radius 3 is 1.28 bits per heavy atom. The Bertz CT molecular complexity index is 5200. The number of carbonyl (C=O) groups is 2. The van der Waals surface area contributed by atoms with Crippen LogP contribution < -0.4 is 52.5 Å². The van der Waals surface area contributed by atoms with Gasteiger partial charge in [-0.25, -0.2) is 29.3 Å². The van der Waals surface area contributed by atoms with Gasteiger partial charge in [-0.2, -0.15) is 36.5 Å². The van der Waals surface area contributed by atoms with Crippen LogP contribution in [0.5, 0.6) is 23.3 Å². The van der Waals surface area contributed by atoms with Crippen molar-refractivity contribution >= 4 is 100 Å². The molecular weight excluding hydrogens is 1490 g/mol. The Labute approximate surface area is 605 Å². The Morgan fingerprint density at radius 2 is 0.837 bits per heavy atom. The number of benzene rings is 4. The number of nitrogens with two attached hydrogens (primary N) is 4. The number of fused-ring (bicyclic) bond motifs is 4. The summed E-state index contributed by atoms with van der Waals surface area (Å²) in [5.74, 6) is 1.42. The molecule has 4 aromatic carbocycles. The summed E-state index contributed by atoms with van der Waals surface area (Å²) in [6.45, 7) is 2.20. The summed E-state index contributed by atoms with van der Waals surface area (Å²) in [6, 6.07) is 39.2. The summed E-state index contributed by atoms with van der Waals surface area (Å²) in [6.07, 6.45) is -0.195. The molecule has 2 aliphatic rings. The van der Waals surface area contributed by atoms with E-state index in [1.807, 2.05) is 97.1 Å². The van der Waals surface area contributed by atoms with Gasteiger partial charge >= 0.3 is 12.4 Å². The van der Waals surface area contributed by atoms with E-state index >= 15 is 0 Å². The number of amidine groups is 2. The number of hydrogen-bond acceptors (Lipinski definition) is 20. The lowest BCUT2D eigenvalue weighted by Crippen LogP contribution is -2.16. The maximum Gasteiger partial charge on any atom is 0.421 e. The average Bonchev–Trinajstić information content (AvgIpc) is 1.67.